The van der Waals surface area contributed by atoms with Crippen LogP contribution >= 0.6 is 0 Å². The van der Waals surface area contributed by atoms with Gasteiger partial charge in [-0.3, -0.25) is 0 Å². The van der Waals surface area contributed by atoms with Gasteiger partial charge in [-0.05, 0) is 30.7 Å². The maximum atomic E-state index is 6.35. The smallest absolute Gasteiger partial charge is 0.160 e. The van der Waals surface area contributed by atoms with Crippen molar-refractivity contribution in [2.24, 2.45) is 0 Å². The van der Waals surface area contributed by atoms with E-state index >= 15 is 0 Å². The highest BCUT2D eigenvalue weighted by Gasteiger charge is 2.17. The van der Waals surface area contributed by atoms with Gasteiger partial charge in [-0.25, -0.2) is 9.97 Å². The molecule has 3 heteroatoms. The van der Waals surface area contributed by atoms with Gasteiger partial charge in [-0.2, -0.15) is 0 Å². The monoisotopic (exact) mass is 442 g/mol. The van der Waals surface area contributed by atoms with Crippen molar-refractivity contribution >= 4 is 21.9 Å². The third kappa shape index (κ3) is 3.86. The number of aryl methyl sites for hydroxylation is 1. The Morgan fingerprint density at radius 1 is 0.618 bits per heavy atom. The lowest BCUT2D eigenvalue weighted by Gasteiger charge is -2.10. The fraction of sp³-hybridized carbons (Fsp3) is 0.0968. The van der Waals surface area contributed by atoms with Crippen LogP contribution in [-0.4, -0.2) is 9.97 Å². The van der Waals surface area contributed by atoms with Crippen LogP contribution in [0.1, 0.15) is 19.4 Å². The van der Waals surface area contributed by atoms with E-state index in [4.69, 9.17) is 14.4 Å². The maximum Gasteiger partial charge on any atom is 0.160 e. The zero-order chi connectivity index (χ0) is 23.5. The van der Waals surface area contributed by atoms with E-state index in [1.54, 1.807) is 0 Å². The van der Waals surface area contributed by atoms with Crippen molar-refractivity contribution in [2.75, 3.05) is 0 Å². The van der Waals surface area contributed by atoms with Gasteiger partial charge in [0.2, 0.25) is 0 Å². The summed E-state index contributed by atoms with van der Waals surface area (Å²) in [5, 5.41) is 2.27. The van der Waals surface area contributed by atoms with Crippen molar-refractivity contribution < 1.29 is 4.42 Å². The van der Waals surface area contributed by atoms with E-state index in [0.29, 0.717) is 5.82 Å². The zero-order valence-electron chi connectivity index (χ0n) is 19.6. The average molecular weight is 443 g/mol. The number of hydrogen-bond acceptors (Lipinski definition) is 3. The first-order valence-corrected chi connectivity index (χ1v) is 11.7. The molecular weight excluding hydrogens is 416 g/mol. The minimum atomic E-state index is 0.701. The summed E-state index contributed by atoms with van der Waals surface area (Å²) in [7, 11) is 0. The van der Waals surface area contributed by atoms with Gasteiger partial charge in [0.15, 0.2) is 5.82 Å². The lowest BCUT2D eigenvalue weighted by molar-refractivity contribution is 0.669. The maximum absolute atomic E-state index is 6.35. The highest BCUT2D eigenvalue weighted by molar-refractivity contribution is 6.11. The lowest BCUT2D eigenvalue weighted by Crippen LogP contribution is -1.96. The third-order valence-corrected chi connectivity index (χ3v) is 5.84. The lowest BCUT2D eigenvalue weighted by atomic mass is 10.0. The molecule has 0 aliphatic carbocycles. The molecule has 0 atom stereocenters. The topological polar surface area (TPSA) is 38.9 Å². The number of rotatable bonds is 3. The summed E-state index contributed by atoms with van der Waals surface area (Å²) in [6.07, 6.45) is 0. The molecule has 6 rings (SSSR count). The molecule has 0 saturated carbocycles. The first-order chi connectivity index (χ1) is 16.8. The van der Waals surface area contributed by atoms with Crippen molar-refractivity contribution in [3.63, 3.8) is 0 Å². The van der Waals surface area contributed by atoms with Crippen LogP contribution in [0.5, 0.6) is 0 Å². The summed E-state index contributed by atoms with van der Waals surface area (Å²) >= 11 is 0. The van der Waals surface area contributed by atoms with Gasteiger partial charge in [-0.15, -0.1) is 0 Å². The summed E-state index contributed by atoms with van der Waals surface area (Å²) < 4.78 is 6.35. The van der Waals surface area contributed by atoms with Gasteiger partial charge in [0, 0.05) is 27.5 Å². The molecule has 0 saturated heterocycles. The molecular formula is C31H26N2O. The minimum Gasteiger partial charge on any atom is -0.455 e. The van der Waals surface area contributed by atoms with Crippen LogP contribution in [0.15, 0.2) is 108 Å². The summed E-state index contributed by atoms with van der Waals surface area (Å²) in [6, 6.07) is 34.8. The molecule has 6 aromatic rings. The molecule has 0 spiro atoms. The number of benzene rings is 4. The van der Waals surface area contributed by atoms with E-state index in [0.717, 1.165) is 50.0 Å². The van der Waals surface area contributed by atoms with Gasteiger partial charge < -0.3 is 4.42 Å². The fourth-order valence-electron chi connectivity index (χ4n) is 4.25. The summed E-state index contributed by atoms with van der Waals surface area (Å²) in [5.74, 6) is 0.701. The van der Waals surface area contributed by atoms with Crippen LogP contribution in [0, 0.1) is 6.92 Å². The number of aromatic nitrogens is 2. The van der Waals surface area contributed by atoms with Gasteiger partial charge in [-0.1, -0.05) is 98.8 Å². The van der Waals surface area contributed by atoms with E-state index in [9.17, 15) is 0 Å². The average Bonchev–Trinajstić information content (AvgIpc) is 3.31. The molecule has 0 N–H and O–H groups in total. The van der Waals surface area contributed by atoms with E-state index < -0.39 is 0 Å². The zero-order valence-corrected chi connectivity index (χ0v) is 19.6. The van der Waals surface area contributed by atoms with Crippen molar-refractivity contribution in [1.82, 2.24) is 9.97 Å². The van der Waals surface area contributed by atoms with Gasteiger partial charge in [0.25, 0.3) is 0 Å². The van der Waals surface area contributed by atoms with Crippen molar-refractivity contribution in [2.45, 2.75) is 20.8 Å². The highest BCUT2D eigenvalue weighted by atomic mass is 16.3. The SMILES string of the molecule is CC.Cc1ccc(-c2cc(-c3ccccc3)nc(-c3ccccc3)n2)c2oc3ccccc3c12. The van der Waals surface area contributed by atoms with Crippen LogP contribution in [0.2, 0.25) is 0 Å². The Kier molecular flexibility index (Phi) is 5.92. The molecule has 2 aromatic heterocycles. The summed E-state index contributed by atoms with van der Waals surface area (Å²) in [6.45, 7) is 6.12. The molecule has 0 aliphatic rings. The molecule has 0 amide bonds. The number of fused-ring (bicyclic) bond motifs is 3. The molecule has 0 fully saturated rings. The molecule has 0 unspecified atom stereocenters. The highest BCUT2D eigenvalue weighted by Crippen LogP contribution is 2.38. The van der Waals surface area contributed by atoms with Gasteiger partial charge in [0.05, 0.1) is 11.4 Å². The number of hydrogen-bond donors (Lipinski definition) is 0. The predicted octanol–water partition coefficient (Wildman–Crippen LogP) is 8.71. The van der Waals surface area contributed by atoms with Crippen molar-refractivity contribution in [1.29, 1.82) is 0 Å². The number of nitrogens with zero attached hydrogens (tertiary/aromatic N) is 2. The largest absolute Gasteiger partial charge is 0.455 e. The molecule has 3 nitrogen and oxygen atoms in total. The van der Waals surface area contributed by atoms with Crippen LogP contribution < -0.4 is 0 Å². The van der Waals surface area contributed by atoms with Crippen molar-refractivity contribution in [3.8, 4) is 33.9 Å². The van der Waals surface area contributed by atoms with E-state index in [-0.39, 0.29) is 0 Å². The first kappa shape index (κ1) is 21.6. The van der Waals surface area contributed by atoms with Gasteiger partial charge in [0.1, 0.15) is 11.2 Å². The Morgan fingerprint density at radius 3 is 1.97 bits per heavy atom. The Hall–Kier alpha value is -4.24. The van der Waals surface area contributed by atoms with Gasteiger partial charge >= 0.3 is 0 Å². The second-order valence-corrected chi connectivity index (χ2v) is 7.93. The molecule has 0 bridgehead atoms. The molecule has 4 aromatic carbocycles. The summed E-state index contributed by atoms with van der Waals surface area (Å²) in [4.78, 5) is 9.88. The Bertz CT molecular complexity index is 1510. The molecule has 34 heavy (non-hydrogen) atoms. The third-order valence-electron chi connectivity index (χ3n) is 5.84. The second kappa shape index (κ2) is 9.32. The fourth-order valence-corrected chi connectivity index (χ4v) is 4.25. The molecule has 0 radical (unpaired) electrons. The quantitative estimate of drug-likeness (QED) is 0.275. The van der Waals surface area contributed by atoms with Crippen molar-refractivity contribution in [3.05, 3.63) is 109 Å². The number of furan rings is 1. The van der Waals surface area contributed by atoms with Crippen LogP contribution in [0.3, 0.4) is 0 Å². The Labute approximate surface area is 199 Å². The normalized spacial score (nSPS) is 10.8. The van der Waals surface area contributed by atoms with E-state index in [1.165, 1.54) is 5.56 Å². The van der Waals surface area contributed by atoms with Crippen LogP contribution in [-0.2, 0) is 0 Å². The molecule has 166 valence electrons. The minimum absolute atomic E-state index is 0.701. The van der Waals surface area contributed by atoms with Crippen LogP contribution in [0.25, 0.3) is 55.8 Å². The number of para-hydroxylation sites is 1. The first-order valence-electron chi connectivity index (χ1n) is 11.7. The molecule has 2 heterocycles. The Morgan fingerprint density at radius 2 is 1.24 bits per heavy atom. The Balaban J connectivity index is 0.00000117. The standard InChI is InChI=1S/C29H20N2O.C2H6/c1-19-16-17-22(28-27(19)23-14-8-9-15-26(23)32-28)25-18-24(20-10-4-2-5-11-20)30-29(31-25)21-12-6-3-7-13-21;1-2/h2-18H,1H3;1-2H3. The van der Waals surface area contributed by atoms with Crippen LogP contribution in [0.4, 0.5) is 0 Å². The van der Waals surface area contributed by atoms with E-state index in [2.05, 4.69) is 49.4 Å². The van der Waals surface area contributed by atoms with E-state index in [1.807, 2.05) is 74.5 Å². The summed E-state index contributed by atoms with van der Waals surface area (Å²) in [5.41, 5.74) is 7.69. The molecule has 0 aliphatic heterocycles. The second-order valence-electron chi connectivity index (χ2n) is 7.93. The predicted molar refractivity (Wildman–Crippen MR) is 142 cm³/mol.